The van der Waals surface area contributed by atoms with Crippen molar-refractivity contribution in [2.45, 2.75) is 6.04 Å². The van der Waals surface area contributed by atoms with Crippen LogP contribution in [0.15, 0.2) is 90.6 Å². The van der Waals surface area contributed by atoms with E-state index in [1.54, 1.807) is 18.2 Å². The van der Waals surface area contributed by atoms with Crippen molar-refractivity contribution in [1.29, 1.82) is 5.26 Å². The Labute approximate surface area is 180 Å². The molecule has 5 nitrogen and oxygen atoms in total. The Morgan fingerprint density at radius 2 is 1.63 bits per heavy atom. The number of carbonyl (C=O) groups excluding carboxylic acids is 1. The van der Waals surface area contributed by atoms with Crippen LogP contribution in [0.2, 0.25) is 5.02 Å². The summed E-state index contributed by atoms with van der Waals surface area (Å²) in [6, 6.07) is 26.2. The highest BCUT2D eigenvalue weighted by Gasteiger charge is 2.16. The molecule has 0 heterocycles. The summed E-state index contributed by atoms with van der Waals surface area (Å²) in [6.07, 6.45) is 1.43. The first-order valence-electron chi connectivity index (χ1n) is 9.23. The van der Waals surface area contributed by atoms with Gasteiger partial charge < -0.3 is 15.4 Å². The number of anilines is 1. The largest absolute Gasteiger partial charge is 0.495 e. The smallest absolute Gasteiger partial charge is 0.267 e. The maximum atomic E-state index is 12.7. The van der Waals surface area contributed by atoms with E-state index in [2.05, 4.69) is 10.6 Å². The fraction of sp³-hybridized carbons (Fsp3) is 0.0833. The average Bonchev–Trinajstić information content (AvgIpc) is 2.78. The zero-order valence-electron chi connectivity index (χ0n) is 16.3. The molecule has 0 saturated heterocycles. The molecule has 0 saturated carbocycles. The van der Waals surface area contributed by atoms with E-state index in [1.807, 2.05) is 66.7 Å². The second-order valence-corrected chi connectivity index (χ2v) is 6.83. The highest BCUT2D eigenvalue weighted by molar-refractivity contribution is 6.31. The summed E-state index contributed by atoms with van der Waals surface area (Å²) in [5.74, 6) is -0.116. The molecule has 0 aliphatic rings. The van der Waals surface area contributed by atoms with Crippen LogP contribution in [0.4, 0.5) is 5.69 Å². The number of nitriles is 1. The SMILES string of the molecule is COc1ccc(Cl)cc1NC(=O)/C(C#N)=C\NC(c1ccccc1)c1ccccc1. The molecule has 3 aromatic carbocycles. The highest BCUT2D eigenvalue weighted by Crippen LogP contribution is 2.28. The molecule has 0 spiro atoms. The summed E-state index contributed by atoms with van der Waals surface area (Å²) in [6.45, 7) is 0. The molecule has 0 bridgehead atoms. The van der Waals surface area contributed by atoms with E-state index >= 15 is 0 Å². The summed E-state index contributed by atoms with van der Waals surface area (Å²) in [7, 11) is 1.49. The van der Waals surface area contributed by atoms with Gasteiger partial charge in [-0.15, -0.1) is 0 Å². The summed E-state index contributed by atoms with van der Waals surface area (Å²) in [4.78, 5) is 12.7. The van der Waals surface area contributed by atoms with Gasteiger partial charge in [0.25, 0.3) is 5.91 Å². The standard InChI is InChI=1S/C24H20ClN3O2/c1-30-22-13-12-20(25)14-21(22)28-24(29)19(15-26)16-27-23(17-8-4-2-5-9-17)18-10-6-3-7-11-18/h2-14,16,23,27H,1H3,(H,28,29)/b19-16-. The molecule has 3 rings (SSSR count). The molecule has 0 fully saturated rings. The van der Waals surface area contributed by atoms with Crippen LogP contribution >= 0.6 is 11.6 Å². The number of ether oxygens (including phenoxy) is 1. The van der Waals surface area contributed by atoms with E-state index in [0.717, 1.165) is 11.1 Å². The van der Waals surface area contributed by atoms with Crippen molar-refractivity contribution in [3.05, 3.63) is 107 Å². The average molecular weight is 418 g/mol. The minimum atomic E-state index is -0.564. The molecular weight excluding hydrogens is 398 g/mol. The Bertz CT molecular complexity index is 1040. The second-order valence-electron chi connectivity index (χ2n) is 6.39. The molecule has 0 aliphatic heterocycles. The fourth-order valence-corrected chi connectivity index (χ4v) is 3.13. The summed E-state index contributed by atoms with van der Waals surface area (Å²) in [5, 5.41) is 15.9. The third-order valence-electron chi connectivity index (χ3n) is 4.43. The van der Waals surface area contributed by atoms with Crippen LogP contribution in [0.5, 0.6) is 5.75 Å². The zero-order chi connectivity index (χ0) is 21.3. The Hall–Kier alpha value is -3.75. The quantitative estimate of drug-likeness (QED) is 0.415. The maximum absolute atomic E-state index is 12.7. The van der Waals surface area contributed by atoms with Crippen molar-refractivity contribution in [3.8, 4) is 11.8 Å². The van der Waals surface area contributed by atoms with Crippen LogP contribution in [0.25, 0.3) is 0 Å². The van der Waals surface area contributed by atoms with Crippen molar-refractivity contribution in [2.75, 3.05) is 12.4 Å². The normalized spacial score (nSPS) is 10.9. The number of nitrogens with zero attached hydrogens (tertiary/aromatic N) is 1. The first kappa shape index (κ1) is 21.0. The third kappa shape index (κ3) is 5.19. The number of halogens is 1. The second kappa shape index (κ2) is 10.1. The molecule has 6 heteroatoms. The maximum Gasteiger partial charge on any atom is 0.267 e. The number of nitrogens with one attached hydrogen (secondary N) is 2. The van der Waals surface area contributed by atoms with Crippen molar-refractivity contribution >= 4 is 23.2 Å². The van der Waals surface area contributed by atoms with Gasteiger partial charge in [-0.2, -0.15) is 5.26 Å². The van der Waals surface area contributed by atoms with Gasteiger partial charge >= 0.3 is 0 Å². The lowest BCUT2D eigenvalue weighted by Gasteiger charge is -2.19. The molecule has 1 amide bonds. The van der Waals surface area contributed by atoms with E-state index in [4.69, 9.17) is 16.3 Å². The minimum absolute atomic E-state index is 0.0751. The fourth-order valence-electron chi connectivity index (χ4n) is 2.96. The monoisotopic (exact) mass is 417 g/mol. The third-order valence-corrected chi connectivity index (χ3v) is 4.67. The van der Waals surface area contributed by atoms with Crippen molar-refractivity contribution in [3.63, 3.8) is 0 Å². The Morgan fingerprint density at radius 1 is 1.03 bits per heavy atom. The topological polar surface area (TPSA) is 74.1 Å². The van der Waals surface area contributed by atoms with Gasteiger partial charge in [0, 0.05) is 11.2 Å². The molecule has 3 aromatic rings. The van der Waals surface area contributed by atoms with Crippen LogP contribution in [0, 0.1) is 11.3 Å². The van der Waals surface area contributed by atoms with E-state index < -0.39 is 5.91 Å². The molecular formula is C24H20ClN3O2. The van der Waals surface area contributed by atoms with Gasteiger partial charge in [0.2, 0.25) is 0 Å². The number of carbonyl (C=O) groups is 1. The molecule has 0 atom stereocenters. The van der Waals surface area contributed by atoms with Gasteiger partial charge in [0.15, 0.2) is 0 Å². The highest BCUT2D eigenvalue weighted by atomic mass is 35.5. The van der Waals surface area contributed by atoms with Gasteiger partial charge in [-0.3, -0.25) is 4.79 Å². The van der Waals surface area contributed by atoms with Crippen molar-refractivity contribution < 1.29 is 9.53 Å². The van der Waals surface area contributed by atoms with E-state index in [-0.39, 0.29) is 11.6 Å². The van der Waals surface area contributed by atoms with Crippen LogP contribution < -0.4 is 15.4 Å². The molecule has 0 radical (unpaired) electrons. The zero-order valence-corrected chi connectivity index (χ0v) is 17.1. The molecule has 2 N–H and O–H groups in total. The van der Waals surface area contributed by atoms with Gasteiger partial charge in [-0.1, -0.05) is 72.3 Å². The predicted molar refractivity (Wildman–Crippen MR) is 118 cm³/mol. The lowest BCUT2D eigenvalue weighted by Crippen LogP contribution is -2.21. The number of amides is 1. The minimum Gasteiger partial charge on any atom is -0.495 e. The summed E-state index contributed by atoms with van der Waals surface area (Å²) < 4.78 is 5.24. The van der Waals surface area contributed by atoms with Crippen LogP contribution in [-0.2, 0) is 4.79 Å². The molecule has 0 aliphatic carbocycles. The lowest BCUT2D eigenvalue weighted by molar-refractivity contribution is -0.112. The van der Waals surface area contributed by atoms with E-state index in [9.17, 15) is 10.1 Å². The Morgan fingerprint density at radius 3 is 2.17 bits per heavy atom. The Kier molecular flexibility index (Phi) is 7.09. The lowest BCUT2D eigenvalue weighted by atomic mass is 9.99. The van der Waals surface area contributed by atoms with Gasteiger partial charge in [0.1, 0.15) is 17.4 Å². The van der Waals surface area contributed by atoms with E-state index in [0.29, 0.717) is 16.5 Å². The van der Waals surface area contributed by atoms with E-state index in [1.165, 1.54) is 13.3 Å². The predicted octanol–water partition coefficient (Wildman–Crippen LogP) is 5.07. The van der Waals surface area contributed by atoms with Crippen molar-refractivity contribution in [1.82, 2.24) is 5.32 Å². The summed E-state index contributed by atoms with van der Waals surface area (Å²) >= 11 is 6.01. The Balaban J connectivity index is 1.85. The molecule has 0 aromatic heterocycles. The molecule has 30 heavy (non-hydrogen) atoms. The van der Waals surface area contributed by atoms with Crippen LogP contribution in [-0.4, -0.2) is 13.0 Å². The summed E-state index contributed by atoms with van der Waals surface area (Å²) in [5.41, 5.74) is 2.33. The molecule has 150 valence electrons. The number of hydrogen-bond donors (Lipinski definition) is 2. The number of hydrogen-bond acceptors (Lipinski definition) is 4. The first-order chi connectivity index (χ1) is 14.6. The van der Waals surface area contributed by atoms with Crippen LogP contribution in [0.3, 0.4) is 0 Å². The van der Waals surface area contributed by atoms with Crippen LogP contribution in [0.1, 0.15) is 17.2 Å². The molecule has 0 unspecified atom stereocenters. The number of rotatable bonds is 7. The first-order valence-corrected chi connectivity index (χ1v) is 9.61. The van der Waals surface area contributed by atoms with Gasteiger partial charge in [-0.25, -0.2) is 0 Å². The van der Waals surface area contributed by atoms with Gasteiger partial charge in [-0.05, 0) is 29.3 Å². The van der Waals surface area contributed by atoms with Gasteiger partial charge in [0.05, 0.1) is 18.8 Å². The number of benzene rings is 3. The van der Waals surface area contributed by atoms with Crippen molar-refractivity contribution in [2.24, 2.45) is 0 Å². The number of methoxy groups -OCH3 is 1.